The van der Waals surface area contributed by atoms with Gasteiger partial charge in [0.05, 0.1) is 12.1 Å². The number of nitrogens with zero attached hydrogens (tertiary/aromatic N) is 1. The molecule has 1 amide bonds. The molecule has 1 N–H and O–H groups in total. The summed E-state index contributed by atoms with van der Waals surface area (Å²) < 4.78 is 0. The molecule has 1 aliphatic carbocycles. The molecule has 2 atom stereocenters. The lowest BCUT2D eigenvalue weighted by Gasteiger charge is -2.61. The third kappa shape index (κ3) is 2.79. The molecule has 2 aliphatic rings. The second kappa shape index (κ2) is 6.41. The molecule has 0 aromatic heterocycles. The van der Waals surface area contributed by atoms with Crippen molar-refractivity contribution in [2.75, 3.05) is 19.6 Å². The van der Waals surface area contributed by atoms with Crippen LogP contribution >= 0.6 is 0 Å². The molecule has 120 valence electrons. The Kier molecular flexibility index (Phi) is 4.53. The minimum absolute atomic E-state index is 0.120. The molecular formula is C19H28N2O. The topological polar surface area (TPSA) is 32.3 Å². The maximum Gasteiger partial charge on any atom is 0.234 e. The van der Waals surface area contributed by atoms with E-state index in [9.17, 15) is 4.79 Å². The first-order valence-corrected chi connectivity index (χ1v) is 8.70. The smallest absolute Gasteiger partial charge is 0.234 e. The zero-order valence-electron chi connectivity index (χ0n) is 13.8. The maximum absolute atomic E-state index is 12.2. The monoisotopic (exact) mass is 300 g/mol. The largest absolute Gasteiger partial charge is 0.355 e. The Hall–Kier alpha value is -1.35. The van der Waals surface area contributed by atoms with Crippen LogP contribution in [0.3, 0.4) is 0 Å². The summed E-state index contributed by atoms with van der Waals surface area (Å²) >= 11 is 0. The van der Waals surface area contributed by atoms with E-state index in [1.165, 1.54) is 31.2 Å². The highest BCUT2D eigenvalue weighted by Crippen LogP contribution is 2.53. The molecule has 1 heterocycles. The molecule has 1 saturated heterocycles. The van der Waals surface area contributed by atoms with E-state index < -0.39 is 0 Å². The molecule has 3 heteroatoms. The lowest BCUT2D eigenvalue weighted by Crippen LogP contribution is -2.67. The zero-order chi connectivity index (χ0) is 15.6. The zero-order valence-corrected chi connectivity index (χ0v) is 13.8. The van der Waals surface area contributed by atoms with Crippen molar-refractivity contribution in [2.24, 2.45) is 11.8 Å². The van der Waals surface area contributed by atoms with Crippen LogP contribution in [0, 0.1) is 11.8 Å². The number of likely N-dealkylation sites (tertiary alicyclic amines) is 1. The van der Waals surface area contributed by atoms with Crippen molar-refractivity contribution in [1.29, 1.82) is 0 Å². The summed E-state index contributed by atoms with van der Waals surface area (Å²) in [5.41, 5.74) is 1.52. The summed E-state index contributed by atoms with van der Waals surface area (Å²) in [5.74, 6) is 1.40. The van der Waals surface area contributed by atoms with E-state index >= 15 is 0 Å². The van der Waals surface area contributed by atoms with Crippen LogP contribution in [0.5, 0.6) is 0 Å². The molecule has 1 aromatic carbocycles. The highest BCUT2D eigenvalue weighted by molar-refractivity contribution is 5.78. The first-order chi connectivity index (χ1) is 10.6. The lowest BCUT2D eigenvalue weighted by molar-refractivity contribution is -0.142. The molecule has 2 fully saturated rings. The fraction of sp³-hybridized carbons (Fsp3) is 0.632. The van der Waals surface area contributed by atoms with Crippen molar-refractivity contribution in [1.82, 2.24) is 10.2 Å². The van der Waals surface area contributed by atoms with Gasteiger partial charge >= 0.3 is 0 Å². The average molecular weight is 300 g/mol. The van der Waals surface area contributed by atoms with E-state index in [0.29, 0.717) is 12.5 Å². The summed E-state index contributed by atoms with van der Waals surface area (Å²) in [6.07, 6.45) is 5.11. The van der Waals surface area contributed by atoms with Gasteiger partial charge in [0, 0.05) is 13.1 Å². The van der Waals surface area contributed by atoms with E-state index in [1.54, 1.807) is 0 Å². The SMILES string of the molecule is CC(C)CNC(=O)CN1C[C@H]2CCCC[C@]21c1ccccc1. The summed E-state index contributed by atoms with van der Waals surface area (Å²) in [5, 5.41) is 3.06. The minimum Gasteiger partial charge on any atom is -0.355 e. The molecule has 3 rings (SSSR count). The fourth-order valence-corrected chi connectivity index (χ4v) is 4.25. The summed E-state index contributed by atoms with van der Waals surface area (Å²) in [7, 11) is 0. The van der Waals surface area contributed by atoms with Gasteiger partial charge in [-0.2, -0.15) is 0 Å². The van der Waals surface area contributed by atoms with Gasteiger partial charge in [-0.25, -0.2) is 0 Å². The molecular weight excluding hydrogens is 272 g/mol. The Morgan fingerprint density at radius 2 is 2.09 bits per heavy atom. The van der Waals surface area contributed by atoms with Crippen LogP contribution < -0.4 is 5.32 Å². The highest BCUT2D eigenvalue weighted by atomic mass is 16.2. The average Bonchev–Trinajstić information content (AvgIpc) is 2.51. The fourth-order valence-electron chi connectivity index (χ4n) is 4.25. The molecule has 22 heavy (non-hydrogen) atoms. The number of carbonyl (C=O) groups excluding carboxylic acids is 1. The second-order valence-electron chi connectivity index (χ2n) is 7.31. The number of benzene rings is 1. The van der Waals surface area contributed by atoms with Crippen LogP contribution in [0.1, 0.15) is 45.1 Å². The van der Waals surface area contributed by atoms with Gasteiger partial charge in [-0.1, -0.05) is 57.0 Å². The Bertz CT molecular complexity index is 513. The number of hydrogen-bond acceptors (Lipinski definition) is 2. The predicted molar refractivity (Wildman–Crippen MR) is 89.5 cm³/mol. The van der Waals surface area contributed by atoms with Crippen molar-refractivity contribution in [3.63, 3.8) is 0 Å². The van der Waals surface area contributed by atoms with Crippen molar-refractivity contribution in [2.45, 2.75) is 45.1 Å². The Morgan fingerprint density at radius 3 is 2.77 bits per heavy atom. The number of rotatable bonds is 5. The van der Waals surface area contributed by atoms with Gasteiger partial charge in [0.25, 0.3) is 0 Å². The van der Waals surface area contributed by atoms with E-state index in [-0.39, 0.29) is 11.4 Å². The molecule has 0 unspecified atom stereocenters. The van der Waals surface area contributed by atoms with Crippen LogP contribution in [0.2, 0.25) is 0 Å². The molecule has 0 radical (unpaired) electrons. The summed E-state index contributed by atoms with van der Waals surface area (Å²) in [6, 6.07) is 10.8. The van der Waals surface area contributed by atoms with Crippen LogP contribution in [-0.4, -0.2) is 30.4 Å². The Balaban J connectivity index is 1.73. The third-order valence-electron chi connectivity index (χ3n) is 5.36. The molecule has 0 bridgehead atoms. The third-order valence-corrected chi connectivity index (χ3v) is 5.36. The highest BCUT2D eigenvalue weighted by Gasteiger charge is 2.55. The molecule has 1 aromatic rings. The number of fused-ring (bicyclic) bond motifs is 1. The van der Waals surface area contributed by atoms with E-state index in [1.807, 2.05) is 0 Å². The van der Waals surface area contributed by atoms with Crippen molar-refractivity contribution in [3.05, 3.63) is 35.9 Å². The Morgan fingerprint density at radius 1 is 1.32 bits per heavy atom. The standard InChI is InChI=1S/C19H28N2O/c1-15(2)12-20-18(22)14-21-13-17-10-6-7-11-19(17,21)16-8-4-3-5-9-16/h3-5,8-9,15,17H,6-7,10-14H2,1-2H3,(H,20,22)/t17-,19+/m1/s1. The molecule has 3 nitrogen and oxygen atoms in total. The molecule has 1 aliphatic heterocycles. The number of amides is 1. The van der Waals surface area contributed by atoms with Gasteiger partial charge < -0.3 is 5.32 Å². The molecule has 1 saturated carbocycles. The second-order valence-corrected chi connectivity index (χ2v) is 7.31. The van der Waals surface area contributed by atoms with Gasteiger partial charge in [0.2, 0.25) is 5.91 Å². The first kappa shape index (κ1) is 15.5. The number of carbonyl (C=O) groups is 1. The van der Waals surface area contributed by atoms with Gasteiger partial charge in [0.1, 0.15) is 0 Å². The van der Waals surface area contributed by atoms with Gasteiger partial charge in [0.15, 0.2) is 0 Å². The number of nitrogens with one attached hydrogen (secondary N) is 1. The maximum atomic E-state index is 12.2. The quantitative estimate of drug-likeness (QED) is 0.906. The van der Waals surface area contributed by atoms with E-state index in [0.717, 1.165) is 19.0 Å². The minimum atomic E-state index is 0.120. The summed E-state index contributed by atoms with van der Waals surface area (Å²) in [4.78, 5) is 14.7. The predicted octanol–water partition coefficient (Wildman–Crippen LogP) is 3.16. The van der Waals surface area contributed by atoms with Crippen LogP contribution in [-0.2, 0) is 10.3 Å². The van der Waals surface area contributed by atoms with E-state index in [4.69, 9.17) is 0 Å². The molecule has 0 spiro atoms. The van der Waals surface area contributed by atoms with E-state index in [2.05, 4.69) is 54.4 Å². The van der Waals surface area contributed by atoms with Crippen LogP contribution in [0.25, 0.3) is 0 Å². The van der Waals surface area contributed by atoms with Gasteiger partial charge in [-0.3, -0.25) is 9.69 Å². The van der Waals surface area contributed by atoms with Gasteiger partial charge in [-0.15, -0.1) is 0 Å². The normalized spacial score (nSPS) is 28.0. The first-order valence-electron chi connectivity index (χ1n) is 8.70. The van der Waals surface area contributed by atoms with Crippen molar-refractivity contribution < 1.29 is 4.79 Å². The van der Waals surface area contributed by atoms with Crippen LogP contribution in [0.4, 0.5) is 0 Å². The Labute approximate surface area is 134 Å². The van der Waals surface area contributed by atoms with Crippen molar-refractivity contribution >= 4 is 5.91 Å². The lowest BCUT2D eigenvalue weighted by atomic mass is 9.62. The number of hydrogen-bond donors (Lipinski definition) is 1. The summed E-state index contributed by atoms with van der Waals surface area (Å²) in [6.45, 7) is 6.65. The van der Waals surface area contributed by atoms with Crippen molar-refractivity contribution in [3.8, 4) is 0 Å². The van der Waals surface area contributed by atoms with Gasteiger partial charge in [-0.05, 0) is 30.2 Å². The van der Waals surface area contributed by atoms with Crippen LogP contribution in [0.15, 0.2) is 30.3 Å².